The van der Waals surface area contributed by atoms with Crippen molar-refractivity contribution in [2.24, 2.45) is 7.05 Å². The van der Waals surface area contributed by atoms with Crippen LogP contribution in [-0.2, 0) is 45.6 Å². The van der Waals surface area contributed by atoms with Gasteiger partial charge in [-0.25, -0.2) is 13.8 Å². The van der Waals surface area contributed by atoms with Gasteiger partial charge in [0.15, 0.2) is 5.82 Å². The number of rotatable bonds is 11. The number of carbonyl (C=O) groups is 4. The van der Waals surface area contributed by atoms with E-state index in [9.17, 15) is 32.8 Å². The van der Waals surface area contributed by atoms with Gasteiger partial charge in [0, 0.05) is 106 Å². The van der Waals surface area contributed by atoms with Gasteiger partial charge in [-0.15, -0.1) is 0 Å². The Hall–Kier alpha value is -6.46. The van der Waals surface area contributed by atoms with Crippen LogP contribution < -0.4 is 21.1 Å². The summed E-state index contributed by atoms with van der Waals surface area (Å²) in [5, 5.41) is 15.5. The zero-order valence-electron chi connectivity index (χ0n) is 36.4. The summed E-state index contributed by atoms with van der Waals surface area (Å²) in [4.78, 5) is 74.8. The van der Waals surface area contributed by atoms with E-state index in [0.717, 1.165) is 35.3 Å². The largest absolute Gasteiger partial charge is 0.384 e. The summed E-state index contributed by atoms with van der Waals surface area (Å²) in [5.74, 6) is 0.299. The van der Waals surface area contributed by atoms with Gasteiger partial charge in [-0.05, 0) is 87.3 Å². The molecule has 0 saturated carbocycles. The van der Waals surface area contributed by atoms with Crippen molar-refractivity contribution in [3.8, 4) is 11.1 Å². The number of imide groups is 1. The van der Waals surface area contributed by atoms with E-state index in [1.807, 2.05) is 21.9 Å². The second-order valence-corrected chi connectivity index (χ2v) is 17.4. The van der Waals surface area contributed by atoms with Crippen LogP contribution in [0.15, 0.2) is 47.5 Å². The van der Waals surface area contributed by atoms with E-state index in [-0.39, 0.29) is 47.7 Å². The van der Waals surface area contributed by atoms with Gasteiger partial charge in [-0.1, -0.05) is 6.07 Å². The lowest BCUT2D eigenvalue weighted by Gasteiger charge is -2.34. The molecule has 0 bridgehead atoms. The number of aromatic nitrogens is 6. The van der Waals surface area contributed by atoms with Crippen molar-refractivity contribution >= 4 is 51.7 Å². The maximum atomic E-state index is 14.7. The molecule has 5 aromatic rings. The quantitative estimate of drug-likeness (QED) is 0.125. The zero-order chi connectivity index (χ0) is 44.8. The van der Waals surface area contributed by atoms with Crippen molar-refractivity contribution in [3.63, 3.8) is 0 Å². The summed E-state index contributed by atoms with van der Waals surface area (Å²) in [5.41, 5.74) is 5.53. The van der Waals surface area contributed by atoms with Gasteiger partial charge >= 0.3 is 0 Å². The minimum atomic E-state index is -2.69. The van der Waals surface area contributed by atoms with E-state index in [0.29, 0.717) is 117 Å². The predicted molar refractivity (Wildman–Crippen MR) is 235 cm³/mol. The number of aryl methyl sites for hydroxylation is 3. The highest BCUT2D eigenvalue weighted by Crippen LogP contribution is 2.44. The number of hydrogen-bond acceptors (Lipinski definition) is 10. The Kier molecular flexibility index (Phi) is 11.8. The Bertz CT molecular complexity index is 2720. The molecule has 0 spiro atoms. The highest BCUT2D eigenvalue weighted by Gasteiger charge is 2.36. The topological polar surface area (TPSA) is 173 Å². The van der Waals surface area contributed by atoms with Crippen molar-refractivity contribution in [2.45, 2.75) is 103 Å². The van der Waals surface area contributed by atoms with Crippen molar-refractivity contribution in [1.82, 2.24) is 44.2 Å². The maximum Gasteiger partial charge on any atom is 0.264 e. The van der Waals surface area contributed by atoms with E-state index in [1.165, 1.54) is 4.57 Å². The van der Waals surface area contributed by atoms with Gasteiger partial charge in [0.1, 0.15) is 11.9 Å². The lowest BCUT2D eigenvalue weighted by atomic mass is 9.92. The monoisotopic (exact) mass is 877 g/mol. The van der Waals surface area contributed by atoms with Crippen LogP contribution in [0.5, 0.6) is 0 Å². The molecule has 4 amide bonds. The van der Waals surface area contributed by atoms with Crippen LogP contribution >= 0.6 is 0 Å². The van der Waals surface area contributed by atoms with Crippen LogP contribution in [0.25, 0.3) is 22.0 Å². The summed E-state index contributed by atoms with van der Waals surface area (Å²) < 4.78 is 34.5. The molecule has 2 aromatic carbocycles. The Labute approximate surface area is 368 Å². The van der Waals surface area contributed by atoms with E-state index in [1.54, 1.807) is 56.2 Å². The number of carbonyl (C=O) groups excluding carboxylic acids is 4. The molecule has 16 nitrogen and oxygen atoms in total. The number of alkyl halides is 2. The summed E-state index contributed by atoms with van der Waals surface area (Å²) >= 11 is 0. The lowest BCUT2D eigenvalue weighted by molar-refractivity contribution is -0.136. The van der Waals surface area contributed by atoms with Crippen LogP contribution in [0.4, 0.5) is 26.0 Å². The number of nitrogens with one attached hydrogen (secondary N) is 2. The molecule has 2 N–H and O–H groups in total. The molecule has 4 aliphatic heterocycles. The zero-order valence-corrected chi connectivity index (χ0v) is 36.4. The average Bonchev–Trinajstić information content (AvgIpc) is 3.89. The fourth-order valence-corrected chi connectivity index (χ4v) is 10.0. The number of piperidine rings is 2. The summed E-state index contributed by atoms with van der Waals surface area (Å²) in [6.45, 7) is 6.49. The number of anilines is 3. The summed E-state index contributed by atoms with van der Waals surface area (Å²) in [6, 6.07) is 8.09. The molecule has 336 valence electrons. The molecule has 4 aliphatic rings. The Balaban J connectivity index is 0.855. The molecule has 1 unspecified atom stereocenters. The molecule has 2 saturated heterocycles. The Morgan fingerprint density at radius 1 is 0.984 bits per heavy atom. The van der Waals surface area contributed by atoms with E-state index < -0.39 is 18.4 Å². The second-order valence-electron chi connectivity index (χ2n) is 17.4. The van der Waals surface area contributed by atoms with Crippen LogP contribution in [0.1, 0.15) is 105 Å². The number of amides is 4. The summed E-state index contributed by atoms with van der Waals surface area (Å²) in [7, 11) is 1.77. The number of halogens is 2. The molecule has 18 heteroatoms. The fraction of sp³-hybridized carbons (Fsp3) is 0.478. The number of hydrogen-bond donors (Lipinski definition) is 2. The number of nitrogens with zero attached hydrogens (tertiary/aromatic N) is 9. The van der Waals surface area contributed by atoms with Crippen LogP contribution in [-0.4, -0.2) is 95.3 Å². The molecule has 0 radical (unpaired) electrons. The number of unbranched alkanes of at least 4 members (excludes halogenated alkanes) is 1. The Morgan fingerprint density at radius 3 is 2.53 bits per heavy atom. The molecule has 7 heterocycles. The SMILES string of the molecule is CC(=O)N1CCc2c(c(N3CCCc4cc(-c5cnn(C)c5)c(C(F)F)cc43)nn2C2CCN(C(=O)CCCCNc3cccc4nc(C)n(C5CCC(=O)NC5=O)c(=O)c34)CC2)C1. The van der Waals surface area contributed by atoms with E-state index in [4.69, 9.17) is 5.10 Å². The van der Waals surface area contributed by atoms with Gasteiger partial charge < -0.3 is 20.0 Å². The number of fused-ring (bicyclic) bond motifs is 3. The van der Waals surface area contributed by atoms with Crippen molar-refractivity contribution in [2.75, 3.05) is 42.9 Å². The van der Waals surface area contributed by atoms with Gasteiger partial charge in [-0.3, -0.25) is 43.2 Å². The first-order valence-corrected chi connectivity index (χ1v) is 22.3. The third kappa shape index (κ3) is 8.13. The smallest absolute Gasteiger partial charge is 0.264 e. The molecule has 9 rings (SSSR count). The van der Waals surface area contributed by atoms with Crippen molar-refractivity contribution < 1.29 is 28.0 Å². The molecular weight excluding hydrogens is 825 g/mol. The highest BCUT2D eigenvalue weighted by atomic mass is 19.3. The van der Waals surface area contributed by atoms with E-state index in [2.05, 4.69) is 30.3 Å². The second kappa shape index (κ2) is 17.6. The first-order valence-electron chi connectivity index (χ1n) is 22.3. The Morgan fingerprint density at radius 2 is 1.80 bits per heavy atom. The minimum absolute atomic E-state index is 0.0238. The van der Waals surface area contributed by atoms with Crippen molar-refractivity contribution in [3.05, 3.63) is 81.3 Å². The third-order valence-electron chi connectivity index (χ3n) is 13.3. The van der Waals surface area contributed by atoms with Gasteiger partial charge in [0.25, 0.3) is 12.0 Å². The number of likely N-dealkylation sites (tertiary alicyclic amines) is 1. The predicted octanol–water partition coefficient (Wildman–Crippen LogP) is 5.65. The first kappa shape index (κ1) is 42.8. The van der Waals surface area contributed by atoms with Crippen LogP contribution in [0.3, 0.4) is 0 Å². The standard InChI is InChI=1S/C46H53F2N11O5/c1-27-51-36-10-6-9-35(42(36)46(64)58(27)38-12-13-40(61)52-45(38)63)49-17-5-4-11-41(62)55-19-14-31(15-20-55)59-37-16-21-56(28(2)60)26-34(37)44(53-59)57-18-7-8-29-22-32(30-24-50-54(3)25-30)33(43(47)48)23-39(29)57/h6,9-10,22-25,31,38,43,49H,4-5,7-8,11-21,26H2,1-3H3,(H,52,61,63). The molecule has 64 heavy (non-hydrogen) atoms. The van der Waals surface area contributed by atoms with Gasteiger partial charge in [-0.2, -0.15) is 10.2 Å². The number of benzene rings is 2. The molecular formula is C46H53F2N11O5. The van der Waals surface area contributed by atoms with E-state index >= 15 is 0 Å². The maximum absolute atomic E-state index is 14.7. The fourth-order valence-electron chi connectivity index (χ4n) is 10.0. The average molecular weight is 878 g/mol. The molecule has 3 aromatic heterocycles. The normalized spacial score (nSPS) is 18.1. The lowest BCUT2D eigenvalue weighted by Crippen LogP contribution is -2.45. The molecule has 1 atom stereocenters. The van der Waals surface area contributed by atoms with Crippen LogP contribution in [0, 0.1) is 6.92 Å². The molecule has 2 fully saturated rings. The first-order chi connectivity index (χ1) is 30.9. The van der Waals surface area contributed by atoms with Crippen LogP contribution in [0.2, 0.25) is 0 Å². The minimum Gasteiger partial charge on any atom is -0.384 e. The molecule has 0 aliphatic carbocycles. The summed E-state index contributed by atoms with van der Waals surface area (Å²) in [6.07, 6.45) is 6.36. The van der Waals surface area contributed by atoms with Gasteiger partial charge in [0.2, 0.25) is 23.6 Å². The van der Waals surface area contributed by atoms with Gasteiger partial charge in [0.05, 0.1) is 29.7 Å². The van der Waals surface area contributed by atoms with Crippen molar-refractivity contribution in [1.29, 1.82) is 0 Å². The highest BCUT2D eigenvalue weighted by molar-refractivity contribution is 6.00. The third-order valence-corrected chi connectivity index (χ3v) is 13.3.